The molecule has 4 aliphatic rings. The average molecular weight is 250 g/mol. The summed E-state index contributed by atoms with van der Waals surface area (Å²) in [6, 6.07) is 0. The molecule has 0 atom stereocenters. The van der Waals surface area contributed by atoms with Crippen LogP contribution in [0.15, 0.2) is 0 Å². The lowest BCUT2D eigenvalue weighted by Gasteiger charge is -2.53. The summed E-state index contributed by atoms with van der Waals surface area (Å²) in [5, 5.41) is 6.29. The molecule has 0 aliphatic heterocycles. The summed E-state index contributed by atoms with van der Waals surface area (Å²) in [6.07, 6.45) is 7.84. The van der Waals surface area contributed by atoms with E-state index in [4.69, 9.17) is 0 Å². The molecule has 0 heterocycles. The van der Waals surface area contributed by atoms with Crippen molar-refractivity contribution < 1.29 is 4.79 Å². The summed E-state index contributed by atoms with van der Waals surface area (Å²) >= 11 is 0. The highest BCUT2D eigenvalue weighted by atomic mass is 16.1. The highest BCUT2D eigenvalue weighted by molar-refractivity contribution is 5.79. The number of amides is 1. The Hall–Kier alpha value is -0.570. The fourth-order valence-electron chi connectivity index (χ4n) is 4.95. The Labute approximate surface area is 110 Å². The second-order valence-electron chi connectivity index (χ2n) is 6.70. The second-order valence-corrected chi connectivity index (χ2v) is 6.70. The summed E-state index contributed by atoms with van der Waals surface area (Å²) in [5.74, 6) is 4.06. The van der Waals surface area contributed by atoms with Gasteiger partial charge in [0, 0.05) is 12.5 Å². The molecule has 0 aromatic carbocycles. The van der Waals surface area contributed by atoms with Crippen molar-refractivity contribution in [1.29, 1.82) is 0 Å². The zero-order valence-corrected chi connectivity index (χ0v) is 11.5. The van der Waals surface area contributed by atoms with Crippen LogP contribution in [0.1, 0.15) is 38.5 Å². The number of nitrogens with one attached hydrogen (secondary N) is 2. The predicted octanol–water partition coefficient (Wildman–Crippen LogP) is 1.78. The van der Waals surface area contributed by atoms with E-state index in [1.54, 1.807) is 0 Å². The fourth-order valence-corrected chi connectivity index (χ4v) is 4.95. The van der Waals surface area contributed by atoms with Crippen LogP contribution < -0.4 is 10.6 Å². The van der Waals surface area contributed by atoms with Gasteiger partial charge in [0.05, 0.1) is 0 Å². The van der Waals surface area contributed by atoms with E-state index < -0.39 is 0 Å². The molecule has 4 saturated carbocycles. The van der Waals surface area contributed by atoms with Crippen molar-refractivity contribution >= 4 is 5.91 Å². The first-order chi connectivity index (χ1) is 8.78. The van der Waals surface area contributed by atoms with Crippen LogP contribution in [0, 0.1) is 29.6 Å². The van der Waals surface area contributed by atoms with Gasteiger partial charge in [0.2, 0.25) is 5.91 Å². The van der Waals surface area contributed by atoms with Crippen molar-refractivity contribution in [3.63, 3.8) is 0 Å². The van der Waals surface area contributed by atoms with Gasteiger partial charge in [-0.05, 0) is 75.8 Å². The second kappa shape index (κ2) is 5.20. The monoisotopic (exact) mass is 250 g/mol. The smallest absolute Gasteiger partial charge is 0.223 e. The van der Waals surface area contributed by atoms with Crippen LogP contribution in [-0.4, -0.2) is 26.0 Å². The van der Waals surface area contributed by atoms with E-state index in [0.717, 1.165) is 31.3 Å². The average Bonchev–Trinajstić information content (AvgIpc) is 2.33. The third-order valence-electron chi connectivity index (χ3n) is 5.43. The summed E-state index contributed by atoms with van der Waals surface area (Å²) < 4.78 is 0. The number of hydrogen-bond donors (Lipinski definition) is 2. The molecule has 0 unspecified atom stereocenters. The molecule has 4 fully saturated rings. The Bertz CT molecular complexity index is 288. The highest BCUT2D eigenvalue weighted by Gasteiger charge is 2.50. The molecular formula is C15H26N2O. The SMILES string of the molecule is CNCCCNC(=O)C1C2CC3CC(C2)CC1C3. The van der Waals surface area contributed by atoms with Crippen LogP contribution in [0.5, 0.6) is 0 Å². The predicted molar refractivity (Wildman–Crippen MR) is 72.1 cm³/mol. The van der Waals surface area contributed by atoms with Crippen LogP contribution in [0.2, 0.25) is 0 Å². The Kier molecular flexibility index (Phi) is 3.60. The summed E-state index contributed by atoms with van der Waals surface area (Å²) in [4.78, 5) is 12.4. The highest BCUT2D eigenvalue weighted by Crippen LogP contribution is 2.56. The zero-order valence-electron chi connectivity index (χ0n) is 11.5. The van der Waals surface area contributed by atoms with E-state index in [0.29, 0.717) is 23.7 Å². The Morgan fingerprint density at radius 3 is 2.17 bits per heavy atom. The summed E-state index contributed by atoms with van der Waals surface area (Å²) in [7, 11) is 1.96. The van der Waals surface area contributed by atoms with Gasteiger partial charge in [0.15, 0.2) is 0 Å². The lowest BCUT2D eigenvalue weighted by molar-refractivity contribution is -0.138. The first-order valence-electron chi connectivity index (χ1n) is 7.70. The third-order valence-corrected chi connectivity index (χ3v) is 5.43. The summed E-state index contributed by atoms with van der Waals surface area (Å²) in [6.45, 7) is 1.82. The Morgan fingerprint density at radius 1 is 1.00 bits per heavy atom. The van der Waals surface area contributed by atoms with Gasteiger partial charge in [-0.3, -0.25) is 4.79 Å². The maximum absolute atomic E-state index is 12.4. The minimum Gasteiger partial charge on any atom is -0.356 e. The van der Waals surface area contributed by atoms with Crippen LogP contribution in [0.4, 0.5) is 0 Å². The van der Waals surface area contributed by atoms with E-state index in [2.05, 4.69) is 10.6 Å². The molecule has 0 radical (unpaired) electrons. The number of rotatable bonds is 5. The van der Waals surface area contributed by atoms with Crippen molar-refractivity contribution in [3.05, 3.63) is 0 Å². The third kappa shape index (κ3) is 2.29. The first kappa shape index (κ1) is 12.5. The number of hydrogen-bond acceptors (Lipinski definition) is 2. The standard InChI is InChI=1S/C15H26N2O/c1-16-3-2-4-17-15(18)14-12-6-10-5-11(8-12)9-13(14)7-10/h10-14,16H,2-9H2,1H3,(H,17,18). The van der Waals surface area contributed by atoms with Crippen molar-refractivity contribution in [2.45, 2.75) is 38.5 Å². The molecule has 4 aliphatic carbocycles. The normalized spacial score (nSPS) is 41.1. The minimum atomic E-state index is 0.354. The van der Waals surface area contributed by atoms with Gasteiger partial charge in [-0.25, -0.2) is 0 Å². The maximum atomic E-state index is 12.4. The van der Waals surface area contributed by atoms with Crippen molar-refractivity contribution in [2.24, 2.45) is 29.6 Å². The molecule has 0 aromatic heterocycles. The van der Waals surface area contributed by atoms with Crippen molar-refractivity contribution in [2.75, 3.05) is 20.1 Å². The maximum Gasteiger partial charge on any atom is 0.223 e. The molecular weight excluding hydrogens is 224 g/mol. The molecule has 0 saturated heterocycles. The van der Waals surface area contributed by atoms with Gasteiger partial charge in [-0.15, -0.1) is 0 Å². The molecule has 1 amide bonds. The molecule has 0 spiro atoms. The van der Waals surface area contributed by atoms with Crippen LogP contribution in [0.25, 0.3) is 0 Å². The number of carbonyl (C=O) groups is 1. The molecule has 102 valence electrons. The lowest BCUT2D eigenvalue weighted by Crippen LogP contribution is -2.51. The topological polar surface area (TPSA) is 41.1 Å². The van der Waals surface area contributed by atoms with E-state index >= 15 is 0 Å². The van der Waals surface area contributed by atoms with Gasteiger partial charge >= 0.3 is 0 Å². The van der Waals surface area contributed by atoms with Crippen LogP contribution >= 0.6 is 0 Å². The molecule has 0 aromatic rings. The molecule has 4 rings (SSSR count). The van der Waals surface area contributed by atoms with Crippen molar-refractivity contribution in [3.8, 4) is 0 Å². The van der Waals surface area contributed by atoms with Gasteiger partial charge in [-0.1, -0.05) is 0 Å². The van der Waals surface area contributed by atoms with Gasteiger partial charge in [-0.2, -0.15) is 0 Å². The van der Waals surface area contributed by atoms with E-state index in [-0.39, 0.29) is 0 Å². The van der Waals surface area contributed by atoms with E-state index in [1.165, 1.54) is 32.1 Å². The van der Waals surface area contributed by atoms with E-state index in [1.807, 2.05) is 7.05 Å². The number of carbonyl (C=O) groups excluding carboxylic acids is 1. The quantitative estimate of drug-likeness (QED) is 0.730. The largest absolute Gasteiger partial charge is 0.356 e. The van der Waals surface area contributed by atoms with Crippen LogP contribution in [0.3, 0.4) is 0 Å². The Morgan fingerprint density at radius 2 is 1.61 bits per heavy atom. The Balaban J connectivity index is 1.54. The molecule has 2 N–H and O–H groups in total. The zero-order chi connectivity index (χ0) is 12.5. The van der Waals surface area contributed by atoms with Gasteiger partial charge in [0.1, 0.15) is 0 Å². The van der Waals surface area contributed by atoms with E-state index in [9.17, 15) is 4.79 Å². The summed E-state index contributed by atoms with van der Waals surface area (Å²) in [5.41, 5.74) is 0. The van der Waals surface area contributed by atoms with Gasteiger partial charge < -0.3 is 10.6 Å². The lowest BCUT2D eigenvalue weighted by atomic mass is 9.51. The fraction of sp³-hybridized carbons (Fsp3) is 0.933. The molecule has 4 bridgehead atoms. The molecule has 18 heavy (non-hydrogen) atoms. The van der Waals surface area contributed by atoms with Gasteiger partial charge in [0.25, 0.3) is 0 Å². The first-order valence-corrected chi connectivity index (χ1v) is 7.70. The molecule has 3 heteroatoms. The molecule has 3 nitrogen and oxygen atoms in total. The van der Waals surface area contributed by atoms with Crippen LogP contribution in [-0.2, 0) is 4.79 Å². The van der Waals surface area contributed by atoms with Crippen molar-refractivity contribution in [1.82, 2.24) is 10.6 Å². The minimum absolute atomic E-state index is 0.354.